The zero-order chi connectivity index (χ0) is 15.2. The van der Waals surface area contributed by atoms with E-state index in [1.807, 2.05) is 12.1 Å². The van der Waals surface area contributed by atoms with Gasteiger partial charge in [0.15, 0.2) is 11.5 Å². The van der Waals surface area contributed by atoms with Crippen molar-refractivity contribution < 1.29 is 14.2 Å². The van der Waals surface area contributed by atoms with Crippen LogP contribution in [0.25, 0.3) is 0 Å². The van der Waals surface area contributed by atoms with Gasteiger partial charge < -0.3 is 19.9 Å². The highest BCUT2D eigenvalue weighted by Gasteiger charge is 2.09. The van der Waals surface area contributed by atoms with Crippen molar-refractivity contribution in [3.8, 4) is 17.4 Å². The normalized spacial score (nSPS) is 10.0. The summed E-state index contributed by atoms with van der Waals surface area (Å²) >= 11 is 4.94. The molecular formula is C15H16N2O3S. The standard InChI is InChI=1S/C15H16N2O3S/c1-18-13-8-10(14(16)21)5-6-12(13)20-9-11-4-3-7-17-15(11)19-2/h3-8H,9H2,1-2H3,(H2,16,21). The minimum absolute atomic E-state index is 0.314. The summed E-state index contributed by atoms with van der Waals surface area (Å²) in [5.41, 5.74) is 7.18. The van der Waals surface area contributed by atoms with Crippen molar-refractivity contribution >= 4 is 17.2 Å². The molecule has 2 N–H and O–H groups in total. The molecule has 2 rings (SSSR count). The van der Waals surface area contributed by atoms with Crippen LogP contribution in [-0.2, 0) is 6.61 Å². The molecule has 1 aromatic heterocycles. The van der Waals surface area contributed by atoms with Crippen LogP contribution in [0.2, 0.25) is 0 Å². The first-order chi connectivity index (χ1) is 10.2. The van der Waals surface area contributed by atoms with Crippen molar-refractivity contribution in [3.63, 3.8) is 0 Å². The van der Waals surface area contributed by atoms with Crippen molar-refractivity contribution in [2.45, 2.75) is 6.61 Å². The van der Waals surface area contributed by atoms with Gasteiger partial charge in [-0.05, 0) is 30.3 Å². The van der Waals surface area contributed by atoms with E-state index in [9.17, 15) is 0 Å². The van der Waals surface area contributed by atoms with E-state index in [0.29, 0.717) is 29.0 Å². The van der Waals surface area contributed by atoms with Crippen LogP contribution in [-0.4, -0.2) is 24.2 Å². The lowest BCUT2D eigenvalue weighted by Crippen LogP contribution is -2.09. The van der Waals surface area contributed by atoms with Crippen molar-refractivity contribution in [2.75, 3.05) is 14.2 Å². The van der Waals surface area contributed by atoms with E-state index >= 15 is 0 Å². The lowest BCUT2D eigenvalue weighted by atomic mass is 10.2. The highest BCUT2D eigenvalue weighted by molar-refractivity contribution is 7.80. The van der Waals surface area contributed by atoms with Gasteiger partial charge in [0.05, 0.1) is 19.8 Å². The van der Waals surface area contributed by atoms with Gasteiger partial charge in [0.1, 0.15) is 11.6 Å². The van der Waals surface area contributed by atoms with Crippen molar-refractivity contribution in [1.82, 2.24) is 4.98 Å². The van der Waals surface area contributed by atoms with E-state index < -0.39 is 0 Å². The van der Waals surface area contributed by atoms with E-state index in [0.717, 1.165) is 11.1 Å². The van der Waals surface area contributed by atoms with Crippen molar-refractivity contribution in [3.05, 3.63) is 47.7 Å². The van der Waals surface area contributed by atoms with Crippen LogP contribution in [0, 0.1) is 0 Å². The lowest BCUT2D eigenvalue weighted by molar-refractivity contribution is 0.276. The average molecular weight is 304 g/mol. The highest BCUT2D eigenvalue weighted by atomic mass is 32.1. The maximum Gasteiger partial charge on any atom is 0.219 e. The molecule has 5 nitrogen and oxygen atoms in total. The van der Waals surface area contributed by atoms with Crippen LogP contribution in [0.15, 0.2) is 36.5 Å². The zero-order valence-electron chi connectivity index (χ0n) is 11.8. The molecule has 0 bridgehead atoms. The van der Waals surface area contributed by atoms with E-state index in [1.54, 1.807) is 38.6 Å². The molecule has 0 atom stereocenters. The fraction of sp³-hybridized carbons (Fsp3) is 0.200. The van der Waals surface area contributed by atoms with Crippen molar-refractivity contribution in [2.24, 2.45) is 5.73 Å². The molecular weight excluding hydrogens is 288 g/mol. The molecule has 6 heteroatoms. The van der Waals surface area contributed by atoms with Gasteiger partial charge in [0, 0.05) is 11.8 Å². The van der Waals surface area contributed by atoms with E-state index in [4.69, 9.17) is 32.2 Å². The third kappa shape index (κ3) is 3.61. The van der Waals surface area contributed by atoms with Crippen LogP contribution >= 0.6 is 12.2 Å². The third-order valence-electron chi connectivity index (χ3n) is 2.87. The summed E-state index contributed by atoms with van der Waals surface area (Å²) in [7, 11) is 3.14. The Labute approximate surface area is 128 Å². The van der Waals surface area contributed by atoms with E-state index in [-0.39, 0.29) is 0 Å². The first kappa shape index (κ1) is 15.1. The molecule has 0 radical (unpaired) electrons. The van der Waals surface area contributed by atoms with Gasteiger partial charge in [-0.1, -0.05) is 12.2 Å². The zero-order valence-corrected chi connectivity index (χ0v) is 12.6. The van der Waals surface area contributed by atoms with Crippen LogP contribution in [0.4, 0.5) is 0 Å². The van der Waals surface area contributed by atoms with Gasteiger partial charge >= 0.3 is 0 Å². The Morgan fingerprint density at radius 1 is 1.19 bits per heavy atom. The Hall–Kier alpha value is -2.34. The maximum absolute atomic E-state index is 5.76. The number of benzene rings is 1. The number of rotatable bonds is 6. The van der Waals surface area contributed by atoms with Gasteiger partial charge in [0.25, 0.3) is 0 Å². The quantitative estimate of drug-likeness (QED) is 0.826. The second kappa shape index (κ2) is 6.90. The van der Waals surface area contributed by atoms with Gasteiger partial charge in [-0.25, -0.2) is 4.98 Å². The summed E-state index contributed by atoms with van der Waals surface area (Å²) in [5, 5.41) is 0. The molecule has 0 saturated heterocycles. The largest absolute Gasteiger partial charge is 0.493 e. The second-order valence-electron chi connectivity index (χ2n) is 4.19. The van der Waals surface area contributed by atoms with Crippen LogP contribution < -0.4 is 19.9 Å². The Kier molecular flexibility index (Phi) is 4.94. The number of aromatic nitrogens is 1. The molecule has 21 heavy (non-hydrogen) atoms. The summed E-state index contributed by atoms with van der Waals surface area (Å²) in [6, 6.07) is 9.03. The van der Waals surface area contributed by atoms with Crippen molar-refractivity contribution in [1.29, 1.82) is 0 Å². The molecule has 0 amide bonds. The Morgan fingerprint density at radius 3 is 2.67 bits per heavy atom. The summed E-state index contributed by atoms with van der Waals surface area (Å²) in [4.78, 5) is 4.44. The molecule has 0 saturated carbocycles. The number of hydrogen-bond donors (Lipinski definition) is 1. The Bertz CT molecular complexity index is 647. The first-order valence-electron chi connectivity index (χ1n) is 6.24. The molecule has 0 aliphatic rings. The molecule has 0 unspecified atom stereocenters. The van der Waals surface area contributed by atoms with Gasteiger partial charge in [-0.2, -0.15) is 0 Å². The van der Waals surface area contributed by atoms with Gasteiger partial charge in [0.2, 0.25) is 5.88 Å². The third-order valence-corrected chi connectivity index (χ3v) is 3.11. The topological polar surface area (TPSA) is 66.6 Å². The predicted octanol–water partition coefficient (Wildman–Crippen LogP) is 2.31. The minimum Gasteiger partial charge on any atom is -0.493 e. The first-order valence-corrected chi connectivity index (χ1v) is 6.65. The molecule has 1 aromatic carbocycles. The average Bonchev–Trinajstić information content (AvgIpc) is 2.52. The summed E-state index contributed by atoms with van der Waals surface area (Å²) in [5.74, 6) is 1.71. The maximum atomic E-state index is 5.76. The van der Waals surface area contributed by atoms with Gasteiger partial charge in [-0.3, -0.25) is 0 Å². The number of hydrogen-bond acceptors (Lipinski definition) is 5. The monoisotopic (exact) mass is 304 g/mol. The summed E-state index contributed by atoms with van der Waals surface area (Å²) in [6.45, 7) is 0.319. The van der Waals surface area contributed by atoms with E-state index in [2.05, 4.69) is 4.98 Å². The molecule has 2 aromatic rings. The second-order valence-corrected chi connectivity index (χ2v) is 4.63. The number of ether oxygens (including phenoxy) is 3. The summed E-state index contributed by atoms with van der Waals surface area (Å²) in [6.07, 6.45) is 1.67. The number of nitrogens with two attached hydrogens (primary N) is 1. The molecule has 0 aliphatic heterocycles. The van der Waals surface area contributed by atoms with Crippen LogP contribution in [0.1, 0.15) is 11.1 Å². The smallest absolute Gasteiger partial charge is 0.219 e. The molecule has 0 fully saturated rings. The van der Waals surface area contributed by atoms with E-state index in [1.165, 1.54) is 0 Å². The lowest BCUT2D eigenvalue weighted by Gasteiger charge is -2.13. The Morgan fingerprint density at radius 2 is 2.00 bits per heavy atom. The number of pyridine rings is 1. The fourth-order valence-corrected chi connectivity index (χ4v) is 1.94. The number of thiocarbonyl (C=S) groups is 1. The molecule has 0 aliphatic carbocycles. The number of nitrogens with zero attached hydrogens (tertiary/aromatic N) is 1. The highest BCUT2D eigenvalue weighted by Crippen LogP contribution is 2.29. The molecule has 110 valence electrons. The fourth-order valence-electron chi connectivity index (χ4n) is 1.81. The number of methoxy groups -OCH3 is 2. The summed E-state index contributed by atoms with van der Waals surface area (Å²) < 4.78 is 16.2. The SMILES string of the molecule is COc1cc(C(N)=S)ccc1OCc1cccnc1OC. The van der Waals surface area contributed by atoms with Crippen LogP contribution in [0.5, 0.6) is 17.4 Å². The van der Waals surface area contributed by atoms with Crippen LogP contribution in [0.3, 0.4) is 0 Å². The Balaban J connectivity index is 2.18. The predicted molar refractivity (Wildman–Crippen MR) is 84.0 cm³/mol. The molecule has 0 spiro atoms. The molecule has 1 heterocycles. The van der Waals surface area contributed by atoms with Gasteiger partial charge in [-0.15, -0.1) is 0 Å². The minimum atomic E-state index is 0.314.